The van der Waals surface area contributed by atoms with Crippen LogP contribution in [0.2, 0.25) is 0 Å². The lowest BCUT2D eigenvalue weighted by Crippen LogP contribution is -2.20. The normalized spacial score (nSPS) is 12.5. The van der Waals surface area contributed by atoms with Crippen LogP contribution in [0.25, 0.3) is 0 Å². The largest absolute Gasteiger partial charge is 0.493 e. The highest BCUT2D eigenvalue weighted by atomic mass is 32.1. The second-order valence-electron chi connectivity index (χ2n) is 6.63. The molecule has 9 heteroatoms. The number of ether oxygens (including phenoxy) is 4. The molecule has 7 nitrogen and oxygen atoms in total. The van der Waals surface area contributed by atoms with Crippen molar-refractivity contribution in [1.82, 2.24) is 0 Å². The molecule has 1 aromatic carbocycles. The fourth-order valence-electron chi connectivity index (χ4n) is 3.49. The van der Waals surface area contributed by atoms with Gasteiger partial charge < -0.3 is 29.6 Å². The molecular formula is C21H26N2O5S2. The van der Waals surface area contributed by atoms with E-state index in [1.54, 1.807) is 51.7 Å². The summed E-state index contributed by atoms with van der Waals surface area (Å²) in [5.74, 6) is 1.22. The third kappa shape index (κ3) is 4.62. The van der Waals surface area contributed by atoms with Crippen molar-refractivity contribution >= 4 is 45.3 Å². The highest BCUT2D eigenvalue weighted by Gasteiger charge is 2.27. The van der Waals surface area contributed by atoms with Gasteiger partial charge in [0.1, 0.15) is 5.00 Å². The number of aryl methyl sites for hydroxylation is 1. The van der Waals surface area contributed by atoms with E-state index in [0.29, 0.717) is 45.2 Å². The van der Waals surface area contributed by atoms with Crippen LogP contribution in [-0.4, -0.2) is 39.0 Å². The first-order chi connectivity index (χ1) is 14.5. The summed E-state index contributed by atoms with van der Waals surface area (Å²) < 4.78 is 21.4. The summed E-state index contributed by atoms with van der Waals surface area (Å²) in [5.41, 5.74) is 2.36. The molecule has 0 saturated heterocycles. The molecule has 1 aromatic heterocycles. The summed E-state index contributed by atoms with van der Waals surface area (Å²) in [7, 11) is 4.66. The Bertz CT molecular complexity index is 917. The fourth-order valence-corrected chi connectivity index (χ4v) is 5.06. The lowest BCUT2D eigenvalue weighted by molar-refractivity contribution is 0.0526. The van der Waals surface area contributed by atoms with Crippen LogP contribution in [0.1, 0.15) is 40.6 Å². The monoisotopic (exact) mass is 450 g/mol. The maximum Gasteiger partial charge on any atom is 0.341 e. The minimum atomic E-state index is -0.310. The Labute approximate surface area is 185 Å². The van der Waals surface area contributed by atoms with Crippen molar-refractivity contribution in [1.29, 1.82) is 0 Å². The average molecular weight is 451 g/mol. The smallest absolute Gasteiger partial charge is 0.341 e. The van der Waals surface area contributed by atoms with Gasteiger partial charge >= 0.3 is 5.97 Å². The maximum absolute atomic E-state index is 12.6. The van der Waals surface area contributed by atoms with Gasteiger partial charge in [-0.2, -0.15) is 0 Å². The topological polar surface area (TPSA) is 78.1 Å². The van der Waals surface area contributed by atoms with Crippen molar-refractivity contribution in [2.24, 2.45) is 0 Å². The zero-order chi connectivity index (χ0) is 21.7. The minimum Gasteiger partial charge on any atom is -0.493 e. The van der Waals surface area contributed by atoms with Gasteiger partial charge in [-0.3, -0.25) is 0 Å². The van der Waals surface area contributed by atoms with E-state index in [2.05, 4.69) is 10.6 Å². The summed E-state index contributed by atoms with van der Waals surface area (Å²) in [6.45, 7) is 2.14. The fraction of sp³-hybridized carbons (Fsp3) is 0.429. The molecule has 0 unspecified atom stereocenters. The van der Waals surface area contributed by atoms with E-state index in [-0.39, 0.29) is 5.97 Å². The quantitative estimate of drug-likeness (QED) is 0.467. The SMILES string of the molecule is CCOC(=O)c1c(NC(=S)Nc2cc(OC)c(OC)c(OC)c2)sc2c1CCCC2. The number of thiocarbonyl (C=S) groups is 1. The second-order valence-corrected chi connectivity index (χ2v) is 8.14. The summed E-state index contributed by atoms with van der Waals surface area (Å²) >= 11 is 7.08. The molecule has 0 bridgehead atoms. The minimum absolute atomic E-state index is 0.310. The number of anilines is 2. The lowest BCUT2D eigenvalue weighted by Gasteiger charge is -2.16. The van der Waals surface area contributed by atoms with Crippen LogP contribution in [0.5, 0.6) is 17.2 Å². The molecule has 162 valence electrons. The van der Waals surface area contributed by atoms with Gasteiger partial charge in [0.25, 0.3) is 0 Å². The zero-order valence-corrected chi connectivity index (χ0v) is 19.2. The molecule has 0 spiro atoms. The van der Waals surface area contributed by atoms with Crippen LogP contribution < -0.4 is 24.8 Å². The first-order valence-corrected chi connectivity index (χ1v) is 10.9. The molecule has 0 saturated carbocycles. The van der Waals surface area contributed by atoms with Gasteiger partial charge in [0, 0.05) is 22.7 Å². The Balaban J connectivity index is 1.85. The predicted octanol–water partition coefficient (Wildman–Crippen LogP) is 4.64. The van der Waals surface area contributed by atoms with Crippen LogP contribution in [-0.2, 0) is 17.6 Å². The number of hydrogen-bond donors (Lipinski definition) is 2. The maximum atomic E-state index is 12.6. The molecule has 1 heterocycles. The summed E-state index contributed by atoms with van der Waals surface area (Å²) in [4.78, 5) is 13.8. The predicted molar refractivity (Wildman–Crippen MR) is 123 cm³/mol. The number of fused-ring (bicyclic) bond motifs is 1. The number of esters is 1. The van der Waals surface area contributed by atoms with Crippen molar-refractivity contribution in [2.45, 2.75) is 32.6 Å². The number of thiophene rings is 1. The number of carbonyl (C=O) groups is 1. The molecule has 0 atom stereocenters. The Morgan fingerprint density at radius 1 is 1.07 bits per heavy atom. The van der Waals surface area contributed by atoms with E-state index in [1.807, 2.05) is 0 Å². The molecule has 0 amide bonds. The van der Waals surface area contributed by atoms with Gasteiger partial charge in [0.15, 0.2) is 16.6 Å². The van der Waals surface area contributed by atoms with Crippen molar-refractivity contribution in [2.75, 3.05) is 38.6 Å². The summed E-state index contributed by atoms with van der Waals surface area (Å²) in [6.07, 6.45) is 4.06. The number of hydrogen-bond acceptors (Lipinski definition) is 7. The Morgan fingerprint density at radius 3 is 2.33 bits per heavy atom. The van der Waals surface area contributed by atoms with Gasteiger partial charge in [-0.1, -0.05) is 0 Å². The Hall–Kier alpha value is -2.52. The first-order valence-electron chi connectivity index (χ1n) is 9.72. The number of nitrogens with one attached hydrogen (secondary N) is 2. The van der Waals surface area contributed by atoms with Crippen LogP contribution in [0.15, 0.2) is 12.1 Å². The Kier molecular flexibility index (Phi) is 7.38. The number of benzene rings is 1. The van der Waals surface area contributed by atoms with Crippen molar-refractivity contribution in [3.05, 3.63) is 28.1 Å². The van der Waals surface area contributed by atoms with E-state index >= 15 is 0 Å². The van der Waals surface area contributed by atoms with Crippen molar-refractivity contribution < 1.29 is 23.7 Å². The van der Waals surface area contributed by atoms with E-state index in [0.717, 1.165) is 31.2 Å². The summed E-state index contributed by atoms with van der Waals surface area (Å²) in [5, 5.41) is 7.38. The van der Waals surface area contributed by atoms with E-state index < -0.39 is 0 Å². The van der Waals surface area contributed by atoms with E-state index in [1.165, 1.54) is 4.88 Å². The molecule has 2 aromatic rings. The molecule has 3 rings (SSSR count). The third-order valence-corrected chi connectivity index (χ3v) is 6.21. The molecule has 0 aliphatic heterocycles. The highest BCUT2D eigenvalue weighted by Crippen LogP contribution is 2.41. The van der Waals surface area contributed by atoms with Gasteiger partial charge in [-0.15, -0.1) is 11.3 Å². The third-order valence-electron chi connectivity index (χ3n) is 4.80. The van der Waals surface area contributed by atoms with Crippen LogP contribution in [0.4, 0.5) is 10.7 Å². The number of methoxy groups -OCH3 is 3. The van der Waals surface area contributed by atoms with E-state index in [9.17, 15) is 4.79 Å². The van der Waals surface area contributed by atoms with Crippen LogP contribution >= 0.6 is 23.6 Å². The number of rotatable bonds is 7. The lowest BCUT2D eigenvalue weighted by atomic mass is 9.95. The number of carbonyl (C=O) groups excluding carboxylic acids is 1. The summed E-state index contributed by atoms with van der Waals surface area (Å²) in [6, 6.07) is 3.53. The van der Waals surface area contributed by atoms with Crippen LogP contribution in [0.3, 0.4) is 0 Å². The highest BCUT2D eigenvalue weighted by molar-refractivity contribution is 7.80. The molecule has 1 aliphatic rings. The van der Waals surface area contributed by atoms with Gasteiger partial charge in [0.2, 0.25) is 5.75 Å². The average Bonchev–Trinajstić information content (AvgIpc) is 3.10. The van der Waals surface area contributed by atoms with Crippen molar-refractivity contribution in [3.8, 4) is 17.2 Å². The van der Waals surface area contributed by atoms with Gasteiger partial charge in [0.05, 0.1) is 33.5 Å². The standard InChI is InChI=1S/C21H26N2O5S2/c1-5-28-20(24)17-13-8-6-7-9-16(13)30-19(17)23-21(29)22-12-10-14(25-2)18(27-4)15(11-12)26-3/h10-11H,5-9H2,1-4H3,(H2,22,23,29). The molecule has 1 aliphatic carbocycles. The van der Waals surface area contributed by atoms with Crippen LogP contribution in [0, 0.1) is 0 Å². The van der Waals surface area contributed by atoms with Crippen molar-refractivity contribution in [3.63, 3.8) is 0 Å². The Morgan fingerprint density at radius 2 is 1.73 bits per heavy atom. The van der Waals surface area contributed by atoms with E-state index in [4.69, 9.17) is 31.2 Å². The van der Waals surface area contributed by atoms with Gasteiger partial charge in [-0.05, 0) is 50.4 Å². The van der Waals surface area contributed by atoms with Gasteiger partial charge in [-0.25, -0.2) is 4.79 Å². The first kappa shape index (κ1) is 22.2. The molecule has 0 fully saturated rings. The molecule has 2 N–H and O–H groups in total. The second kappa shape index (κ2) is 9.99. The molecule has 30 heavy (non-hydrogen) atoms. The molecule has 0 radical (unpaired) electrons. The molecular weight excluding hydrogens is 424 g/mol. The zero-order valence-electron chi connectivity index (χ0n) is 17.5.